The van der Waals surface area contributed by atoms with E-state index in [4.69, 9.17) is 4.52 Å². The van der Waals surface area contributed by atoms with Gasteiger partial charge in [-0.25, -0.2) is 4.98 Å². The Labute approximate surface area is 211 Å². The number of hydrogen-bond donors (Lipinski definition) is 0. The van der Waals surface area contributed by atoms with Crippen LogP contribution < -0.4 is 0 Å². The number of thioether (sulfide) groups is 1. The number of fused-ring (bicyclic) bond motifs is 1. The molecule has 4 aromatic rings. The van der Waals surface area contributed by atoms with Gasteiger partial charge in [0.15, 0.2) is 11.5 Å². The van der Waals surface area contributed by atoms with Gasteiger partial charge in [-0.3, -0.25) is 4.98 Å². The molecule has 0 unspecified atom stereocenters. The molecule has 2 aliphatic rings. The number of imidazole rings is 1. The quantitative estimate of drug-likeness (QED) is 0.219. The number of nitrogens with zero attached hydrogens (tertiary/aromatic N) is 7. The maximum Gasteiger partial charge on any atom is 0.403 e. The number of alkyl halides is 5. The molecule has 0 spiro atoms. The number of aryl methyl sites for hydroxylation is 1. The summed E-state index contributed by atoms with van der Waals surface area (Å²) >= 11 is 1.43. The summed E-state index contributed by atoms with van der Waals surface area (Å²) in [5.74, 6) is -3.17. The zero-order valence-electron chi connectivity index (χ0n) is 19.7. The van der Waals surface area contributed by atoms with E-state index in [1.54, 1.807) is 17.7 Å². The highest BCUT2D eigenvalue weighted by molar-refractivity contribution is 7.99. The molecule has 0 radical (unpaired) electrons. The monoisotopic (exact) mass is 537 g/mol. The number of hydrogen-bond acceptors (Lipinski definition) is 8. The van der Waals surface area contributed by atoms with Gasteiger partial charge in [-0.15, -0.1) is 22.0 Å². The highest BCUT2D eigenvalue weighted by Gasteiger charge is 2.68. The van der Waals surface area contributed by atoms with Crippen LogP contribution in [0.25, 0.3) is 34.1 Å². The smallest absolute Gasteiger partial charge is 0.338 e. The Morgan fingerprint density at radius 3 is 2.51 bits per heavy atom. The van der Waals surface area contributed by atoms with Crippen molar-refractivity contribution in [3.8, 4) is 22.9 Å². The van der Waals surface area contributed by atoms with E-state index >= 15 is 0 Å². The van der Waals surface area contributed by atoms with E-state index in [0.29, 0.717) is 46.2 Å². The Balaban J connectivity index is 1.38. The highest BCUT2D eigenvalue weighted by atomic mass is 32.2. The van der Waals surface area contributed by atoms with Crippen molar-refractivity contribution < 1.29 is 26.5 Å². The average Bonchev–Trinajstić information content (AvgIpc) is 3.79. The second-order valence-electron chi connectivity index (χ2n) is 9.34. The predicted molar refractivity (Wildman–Crippen MR) is 123 cm³/mol. The summed E-state index contributed by atoms with van der Waals surface area (Å²) in [6.45, 7) is 1.93. The van der Waals surface area contributed by atoms with Gasteiger partial charge in [-0.2, -0.15) is 26.9 Å². The van der Waals surface area contributed by atoms with Crippen molar-refractivity contribution in [2.24, 2.45) is 13.0 Å². The molecule has 4 heterocycles. The molecule has 2 aliphatic carbocycles. The molecule has 0 saturated heterocycles. The lowest BCUT2D eigenvalue weighted by Gasteiger charge is -2.13. The fourth-order valence-electron chi connectivity index (χ4n) is 4.29. The van der Waals surface area contributed by atoms with Gasteiger partial charge in [0.05, 0.1) is 0 Å². The molecule has 4 aromatic heterocycles. The van der Waals surface area contributed by atoms with Crippen LogP contribution in [-0.2, 0) is 18.4 Å². The summed E-state index contributed by atoms with van der Waals surface area (Å²) in [5.41, 5.74) is -1.03. The minimum absolute atomic E-state index is 0.00495. The first-order valence-electron chi connectivity index (χ1n) is 11.7. The van der Waals surface area contributed by atoms with E-state index in [9.17, 15) is 22.0 Å². The summed E-state index contributed by atoms with van der Waals surface area (Å²) in [6, 6.07) is 2.97. The first-order valence-corrected chi connectivity index (χ1v) is 12.7. The third-order valence-electron chi connectivity index (χ3n) is 6.80. The molecule has 0 bridgehead atoms. The second-order valence-corrected chi connectivity index (χ2v) is 10.6. The molecule has 37 heavy (non-hydrogen) atoms. The van der Waals surface area contributed by atoms with Crippen LogP contribution in [0, 0.1) is 5.92 Å². The molecule has 194 valence electrons. The lowest BCUT2D eigenvalue weighted by Crippen LogP contribution is -2.28. The Morgan fingerprint density at radius 1 is 1.11 bits per heavy atom. The predicted octanol–water partition coefficient (Wildman–Crippen LogP) is 5.68. The Hall–Kier alpha value is -3.16. The highest BCUT2D eigenvalue weighted by Crippen LogP contribution is 2.58. The largest absolute Gasteiger partial charge is 0.403 e. The van der Waals surface area contributed by atoms with E-state index in [1.807, 2.05) is 6.92 Å². The van der Waals surface area contributed by atoms with Gasteiger partial charge in [-0.05, 0) is 43.6 Å². The molecule has 8 nitrogen and oxygen atoms in total. The van der Waals surface area contributed by atoms with Gasteiger partial charge in [-0.1, -0.05) is 12.1 Å². The van der Waals surface area contributed by atoms with Crippen molar-refractivity contribution in [3.05, 3.63) is 29.9 Å². The Morgan fingerprint density at radius 2 is 1.86 bits per heavy atom. The van der Waals surface area contributed by atoms with Crippen LogP contribution in [-0.4, -0.2) is 46.8 Å². The van der Waals surface area contributed by atoms with Gasteiger partial charge in [0.25, 0.3) is 5.92 Å². The van der Waals surface area contributed by atoms with E-state index in [2.05, 4.69) is 30.3 Å². The number of pyridine rings is 1. The van der Waals surface area contributed by atoms with Gasteiger partial charge in [0.1, 0.15) is 22.3 Å². The molecular weight excluding hydrogens is 517 g/mol. The van der Waals surface area contributed by atoms with Crippen LogP contribution in [0.3, 0.4) is 0 Å². The van der Waals surface area contributed by atoms with Crippen LogP contribution in [0.5, 0.6) is 0 Å². The van der Waals surface area contributed by atoms with Crippen molar-refractivity contribution in [2.75, 3.05) is 5.75 Å². The summed E-state index contributed by atoms with van der Waals surface area (Å²) in [7, 11) is 1.69. The molecule has 0 aromatic carbocycles. The van der Waals surface area contributed by atoms with Crippen molar-refractivity contribution in [3.63, 3.8) is 0 Å². The van der Waals surface area contributed by atoms with Crippen LogP contribution in [0.4, 0.5) is 22.0 Å². The topological polar surface area (TPSA) is 95.4 Å². The summed E-state index contributed by atoms with van der Waals surface area (Å²) in [4.78, 5) is 13.7. The fourth-order valence-corrected chi connectivity index (χ4v) is 5.10. The molecule has 2 fully saturated rings. The summed E-state index contributed by atoms with van der Waals surface area (Å²) in [6.07, 6.45) is -2.31. The molecule has 6 rings (SSSR count). The van der Waals surface area contributed by atoms with Gasteiger partial charge in [0.2, 0.25) is 11.7 Å². The maximum absolute atomic E-state index is 14.6. The fraction of sp³-hybridized carbons (Fsp3) is 0.478. The normalized spacial score (nSPS) is 17.5. The summed E-state index contributed by atoms with van der Waals surface area (Å²) < 4.78 is 76.1. The third kappa shape index (κ3) is 3.87. The molecule has 0 aliphatic heterocycles. The van der Waals surface area contributed by atoms with E-state index in [1.165, 1.54) is 24.0 Å². The standard InChI is InChI=1S/C23H20F5N7OS/c1-3-37-14-8-11(17-31-20(36-34-17)21(6-7-21)23(26,27)28)10-29-16(14)19-30-13-9-15(22(24,25)12-4-5-12)32-33-18(13)35(19)2/h8-10,12H,3-7H2,1-2H3. The van der Waals surface area contributed by atoms with Crippen molar-refractivity contribution in [1.82, 2.24) is 34.9 Å². The number of halogens is 5. The average molecular weight is 538 g/mol. The first kappa shape index (κ1) is 24.2. The Bertz CT molecular complexity index is 1510. The van der Waals surface area contributed by atoms with E-state index in [-0.39, 0.29) is 24.2 Å². The first-order chi connectivity index (χ1) is 17.5. The zero-order valence-corrected chi connectivity index (χ0v) is 20.5. The second kappa shape index (κ2) is 8.17. The molecule has 14 heteroatoms. The van der Waals surface area contributed by atoms with Gasteiger partial charge >= 0.3 is 6.18 Å². The SMILES string of the molecule is CCSc1cc(-c2noc(C3(C(F)(F)F)CC3)n2)cnc1-c1nc2cc(C(F)(F)C3CC3)nnc2n1C. The molecule has 2 saturated carbocycles. The number of aromatic nitrogens is 7. The summed E-state index contributed by atoms with van der Waals surface area (Å²) in [5, 5.41) is 11.5. The van der Waals surface area contributed by atoms with Gasteiger partial charge < -0.3 is 9.09 Å². The molecular formula is C23H20F5N7OS. The Kier molecular flexibility index (Phi) is 5.34. The van der Waals surface area contributed by atoms with Crippen LogP contribution in [0.15, 0.2) is 27.7 Å². The van der Waals surface area contributed by atoms with E-state index < -0.39 is 35.0 Å². The minimum atomic E-state index is -4.46. The van der Waals surface area contributed by atoms with Crippen molar-refractivity contribution in [1.29, 1.82) is 0 Å². The lowest BCUT2D eigenvalue weighted by atomic mass is 10.1. The number of rotatable bonds is 7. The molecule has 0 N–H and O–H groups in total. The van der Waals surface area contributed by atoms with Crippen LogP contribution >= 0.6 is 11.8 Å². The molecule has 0 atom stereocenters. The van der Waals surface area contributed by atoms with Crippen LogP contribution in [0.1, 0.15) is 44.2 Å². The minimum Gasteiger partial charge on any atom is -0.338 e. The lowest BCUT2D eigenvalue weighted by molar-refractivity contribution is -0.166. The zero-order chi connectivity index (χ0) is 26.2. The third-order valence-corrected chi connectivity index (χ3v) is 7.71. The van der Waals surface area contributed by atoms with Crippen molar-refractivity contribution in [2.45, 2.75) is 55.0 Å². The maximum atomic E-state index is 14.6. The van der Waals surface area contributed by atoms with Gasteiger partial charge in [0, 0.05) is 29.6 Å². The van der Waals surface area contributed by atoms with Crippen molar-refractivity contribution >= 4 is 22.9 Å². The molecule has 0 amide bonds. The van der Waals surface area contributed by atoms with E-state index in [0.717, 1.165) is 0 Å². The van der Waals surface area contributed by atoms with Crippen LogP contribution in [0.2, 0.25) is 0 Å².